The monoisotopic (exact) mass is 501 g/mol. The highest BCUT2D eigenvalue weighted by Crippen LogP contribution is 2.27. The summed E-state index contributed by atoms with van der Waals surface area (Å²) in [6.07, 6.45) is 1.25. The first-order valence-electron chi connectivity index (χ1n) is 8.41. The molecule has 0 amide bonds. The van der Waals surface area contributed by atoms with Gasteiger partial charge in [0.05, 0.1) is 0 Å². The molecule has 0 aliphatic carbocycles. The fraction of sp³-hybridized carbons (Fsp3) is 0.714. The van der Waals surface area contributed by atoms with Crippen LogP contribution in [0.5, 0.6) is 0 Å². The third kappa shape index (κ3) is 40.8. The molecule has 0 saturated heterocycles. The maximum Gasteiger partial charge on any atom is 0.319 e. The maximum atomic E-state index is 7.56. The zero-order valence-corrected chi connectivity index (χ0v) is 21.5. The van der Waals surface area contributed by atoms with Crippen LogP contribution in [0.3, 0.4) is 0 Å². The van der Waals surface area contributed by atoms with Crippen molar-refractivity contribution in [1.82, 2.24) is 9.97 Å². The van der Waals surface area contributed by atoms with Crippen molar-refractivity contribution in [2.24, 2.45) is 0 Å². The molecule has 0 spiro atoms. The Morgan fingerprint density at radius 2 is 1.18 bits per heavy atom. The molecule has 0 aromatic carbocycles. The van der Waals surface area contributed by atoms with E-state index in [-0.39, 0.29) is 0 Å². The molecule has 1 heterocycles. The van der Waals surface area contributed by atoms with Crippen LogP contribution in [-0.2, 0) is 23.6 Å². The number of halogens is 1. The zero-order valence-electron chi connectivity index (χ0n) is 17.3. The summed E-state index contributed by atoms with van der Waals surface area (Å²) in [6, 6.07) is 1.76. The molecule has 6 N–H and O–H groups in total. The van der Waals surface area contributed by atoms with Crippen LogP contribution in [0.4, 0.5) is 5.95 Å². The molecule has 0 bridgehead atoms. The fourth-order valence-corrected chi connectivity index (χ4v) is 1.40. The summed E-state index contributed by atoms with van der Waals surface area (Å²) in [4.78, 5) is 55.9. The normalized spacial score (nSPS) is 9.79. The third-order valence-electron chi connectivity index (χ3n) is 1.86. The summed E-state index contributed by atoms with van der Waals surface area (Å²) in [6.45, 7) is 8.50. The Bertz CT molecular complexity index is 529. The standard InChI is InChI=1S/C9H14ClN3.C3H8.C2H6.2H3O3PS/c1-4-13(5-2)9-11-7(3)6-8(10)12-9;1-3-2;1-2;2*1-4(2,3)5/h6H,4-5H2,1-3H3;3H2,1-2H3;1-2H3;2*(H3,1,2,3,5). The number of hydrogen-bond acceptors (Lipinski definition) is 5. The summed E-state index contributed by atoms with van der Waals surface area (Å²) in [7, 11) is 0. The first kappa shape index (κ1) is 35.7. The molecular weight excluding hydrogens is 468 g/mol. The number of anilines is 1. The fourth-order valence-electron chi connectivity index (χ4n) is 1.16. The number of hydrogen-bond donors (Lipinski definition) is 6. The van der Waals surface area contributed by atoms with Crippen LogP contribution in [0.2, 0.25) is 5.15 Å². The highest BCUT2D eigenvalue weighted by molar-refractivity contribution is 8.06. The van der Waals surface area contributed by atoms with Crippen LogP contribution >= 0.6 is 25.0 Å². The van der Waals surface area contributed by atoms with E-state index in [2.05, 4.69) is 66.2 Å². The predicted molar refractivity (Wildman–Crippen MR) is 125 cm³/mol. The van der Waals surface area contributed by atoms with E-state index < -0.39 is 13.4 Å². The lowest BCUT2D eigenvalue weighted by atomic mass is 10.4. The predicted octanol–water partition coefficient (Wildman–Crippen LogP) is 3.10. The second-order valence-corrected chi connectivity index (χ2v) is 9.92. The second-order valence-electron chi connectivity index (χ2n) is 4.54. The van der Waals surface area contributed by atoms with Crippen LogP contribution < -0.4 is 4.90 Å². The van der Waals surface area contributed by atoms with Gasteiger partial charge in [0, 0.05) is 18.8 Å². The molecule has 0 atom stereocenters. The Morgan fingerprint density at radius 1 is 0.893 bits per heavy atom. The minimum absolute atomic E-state index is 0.509. The molecule has 14 heteroatoms. The lowest BCUT2D eigenvalue weighted by Crippen LogP contribution is -2.24. The summed E-state index contributed by atoms with van der Waals surface area (Å²) in [5, 5.41) is 0.509. The average Bonchev–Trinajstić information content (AvgIpc) is 2.47. The van der Waals surface area contributed by atoms with Gasteiger partial charge in [-0.15, -0.1) is 0 Å². The molecule has 0 fully saturated rings. The summed E-state index contributed by atoms with van der Waals surface area (Å²) in [5.74, 6) is 0.718. The highest BCUT2D eigenvalue weighted by atomic mass is 35.5. The van der Waals surface area contributed by atoms with Crippen LogP contribution in [0.1, 0.15) is 53.7 Å². The largest absolute Gasteiger partial charge is 0.341 e. The minimum atomic E-state index is -3.81. The van der Waals surface area contributed by atoms with Gasteiger partial charge in [0.1, 0.15) is 5.15 Å². The molecular formula is C14H34ClN3O6P2S2. The SMILES string of the molecule is CC.CCC.CCN(CC)c1nc(C)cc(Cl)n1.OP(O)(O)=S.OP(O)(O)=S. The Morgan fingerprint density at radius 3 is 1.39 bits per heavy atom. The van der Waals surface area contributed by atoms with Gasteiger partial charge in [-0.1, -0.05) is 45.7 Å². The van der Waals surface area contributed by atoms with Gasteiger partial charge in [-0.05, 0) is 50.5 Å². The van der Waals surface area contributed by atoms with Crippen LogP contribution in [0.15, 0.2) is 6.07 Å². The Balaban J connectivity index is -0.000000160. The quantitative estimate of drug-likeness (QED) is 0.268. The van der Waals surface area contributed by atoms with Crippen LogP contribution in [0.25, 0.3) is 0 Å². The van der Waals surface area contributed by atoms with Gasteiger partial charge in [-0.3, -0.25) is 0 Å². The average molecular weight is 502 g/mol. The molecule has 9 nitrogen and oxygen atoms in total. The van der Waals surface area contributed by atoms with Crippen LogP contribution in [0, 0.1) is 6.92 Å². The van der Waals surface area contributed by atoms with Gasteiger partial charge in [0.25, 0.3) is 0 Å². The van der Waals surface area contributed by atoms with E-state index in [4.69, 9.17) is 41.0 Å². The smallest absolute Gasteiger partial charge is 0.319 e. The molecule has 1 rings (SSSR count). The Hall–Kier alpha value is 0.230. The molecule has 170 valence electrons. The molecule has 0 unspecified atom stereocenters. The van der Waals surface area contributed by atoms with Crippen molar-refractivity contribution in [2.75, 3.05) is 18.0 Å². The lowest BCUT2D eigenvalue weighted by Gasteiger charge is -2.18. The van der Waals surface area contributed by atoms with Crippen molar-refractivity contribution in [1.29, 1.82) is 0 Å². The van der Waals surface area contributed by atoms with Crippen molar-refractivity contribution in [3.05, 3.63) is 16.9 Å². The lowest BCUT2D eigenvalue weighted by molar-refractivity contribution is 0.361. The minimum Gasteiger partial charge on any atom is -0.341 e. The number of aryl methyl sites for hydroxylation is 1. The topological polar surface area (TPSA) is 150 Å². The molecule has 1 aromatic rings. The van der Waals surface area contributed by atoms with Crippen molar-refractivity contribution in [3.8, 4) is 0 Å². The Labute approximate surface area is 183 Å². The van der Waals surface area contributed by atoms with E-state index in [1.807, 2.05) is 20.8 Å². The van der Waals surface area contributed by atoms with E-state index in [1.54, 1.807) is 6.07 Å². The van der Waals surface area contributed by atoms with Crippen molar-refractivity contribution in [2.45, 2.75) is 54.9 Å². The first-order chi connectivity index (χ1) is 12.6. The Kier molecular flexibility index (Phi) is 26.1. The molecule has 0 radical (unpaired) electrons. The van der Waals surface area contributed by atoms with Gasteiger partial charge >= 0.3 is 13.4 Å². The van der Waals surface area contributed by atoms with Gasteiger partial charge in [-0.2, -0.15) is 0 Å². The zero-order chi connectivity index (χ0) is 23.6. The summed E-state index contributed by atoms with van der Waals surface area (Å²) >= 11 is 13.0. The van der Waals surface area contributed by atoms with E-state index in [9.17, 15) is 0 Å². The molecule has 28 heavy (non-hydrogen) atoms. The van der Waals surface area contributed by atoms with Gasteiger partial charge in [0.2, 0.25) is 5.95 Å². The van der Waals surface area contributed by atoms with Gasteiger partial charge < -0.3 is 34.3 Å². The molecule has 0 saturated carbocycles. The number of rotatable bonds is 3. The van der Waals surface area contributed by atoms with Crippen molar-refractivity contribution in [3.63, 3.8) is 0 Å². The van der Waals surface area contributed by atoms with Crippen molar-refractivity contribution < 1.29 is 29.4 Å². The van der Waals surface area contributed by atoms with Gasteiger partial charge in [-0.25, -0.2) is 9.97 Å². The maximum absolute atomic E-state index is 7.56. The second kappa shape index (κ2) is 20.5. The number of nitrogens with zero attached hydrogens (tertiary/aromatic N) is 3. The molecule has 1 aromatic heterocycles. The number of aromatic nitrogens is 2. The first-order valence-corrected chi connectivity index (χ1v) is 14.1. The van der Waals surface area contributed by atoms with E-state index >= 15 is 0 Å². The van der Waals surface area contributed by atoms with E-state index in [1.165, 1.54) is 6.42 Å². The van der Waals surface area contributed by atoms with E-state index in [0.29, 0.717) is 5.15 Å². The molecule has 0 aliphatic heterocycles. The third-order valence-corrected chi connectivity index (χ3v) is 2.05. The van der Waals surface area contributed by atoms with Crippen LogP contribution in [-0.4, -0.2) is 52.4 Å². The molecule has 0 aliphatic rings. The van der Waals surface area contributed by atoms with E-state index in [0.717, 1.165) is 24.7 Å². The summed E-state index contributed by atoms with van der Waals surface area (Å²) in [5.41, 5.74) is 0.905. The van der Waals surface area contributed by atoms with Gasteiger partial charge in [0.15, 0.2) is 0 Å². The highest BCUT2D eigenvalue weighted by Gasteiger charge is 2.06. The van der Waals surface area contributed by atoms with Crippen molar-refractivity contribution >= 4 is 54.6 Å². The summed E-state index contributed by atoms with van der Waals surface area (Å²) < 4.78 is 0.